The summed E-state index contributed by atoms with van der Waals surface area (Å²) in [5.41, 5.74) is 3.27. The highest BCUT2D eigenvalue weighted by Crippen LogP contribution is 2.27. The van der Waals surface area contributed by atoms with Crippen molar-refractivity contribution in [1.29, 1.82) is 0 Å². The summed E-state index contributed by atoms with van der Waals surface area (Å²) in [5, 5.41) is 9.43. The van der Waals surface area contributed by atoms with Gasteiger partial charge in [-0.05, 0) is 67.1 Å². The van der Waals surface area contributed by atoms with E-state index in [9.17, 15) is 19.5 Å². The number of carbonyl (C=O) groups is 3. The average molecular weight is 523 g/mol. The van der Waals surface area contributed by atoms with E-state index in [0.717, 1.165) is 61.9 Å². The molecule has 0 atom stereocenters. The van der Waals surface area contributed by atoms with Crippen molar-refractivity contribution < 1.29 is 19.5 Å². The van der Waals surface area contributed by atoms with Gasteiger partial charge in [0.05, 0.1) is 0 Å². The zero-order valence-electron chi connectivity index (χ0n) is 23.1. The minimum atomic E-state index is -1.03. The van der Waals surface area contributed by atoms with Crippen LogP contribution in [0.25, 0.3) is 0 Å². The second kappa shape index (κ2) is 14.6. The zero-order chi connectivity index (χ0) is 27.5. The highest BCUT2D eigenvalue weighted by Gasteiger charge is 2.23. The molecule has 1 N–H and O–H groups in total. The molecule has 206 valence electrons. The van der Waals surface area contributed by atoms with Crippen LogP contribution >= 0.6 is 0 Å². The van der Waals surface area contributed by atoms with Crippen molar-refractivity contribution in [1.82, 2.24) is 14.8 Å². The molecule has 38 heavy (non-hydrogen) atoms. The molecule has 0 unspecified atom stereocenters. The van der Waals surface area contributed by atoms with Gasteiger partial charge in [-0.2, -0.15) is 0 Å². The Bertz CT molecular complexity index is 1070. The molecule has 0 aliphatic carbocycles. The van der Waals surface area contributed by atoms with Crippen LogP contribution in [0.5, 0.6) is 0 Å². The van der Waals surface area contributed by atoms with Crippen LogP contribution < -0.4 is 4.90 Å². The second-order valence-corrected chi connectivity index (χ2v) is 10.7. The number of fused-ring (bicyclic) bond motifs is 1. The molecule has 0 bridgehead atoms. The molecular formula is C30H42N4O4. The standard InChI is InChI=1S/C30H42N4O4/c1-23(2)13-17-33(22-29(36)37)30(38)26-11-12-28-27(18-26)21-32(20-25-10-9-14-31-19-25)15-7-5-4-6-8-16-34(28)24(3)35/h9-12,14,18-19,23H,4-8,13,15-17,20-22H2,1-3H3,(H,36,37). The minimum Gasteiger partial charge on any atom is -0.480 e. The van der Waals surface area contributed by atoms with Crippen LogP contribution in [0.15, 0.2) is 42.7 Å². The molecule has 1 aromatic carbocycles. The zero-order valence-corrected chi connectivity index (χ0v) is 23.1. The van der Waals surface area contributed by atoms with Gasteiger partial charge in [0, 0.05) is 56.7 Å². The van der Waals surface area contributed by atoms with E-state index >= 15 is 0 Å². The third kappa shape index (κ3) is 8.94. The number of nitrogens with zero attached hydrogens (tertiary/aromatic N) is 4. The van der Waals surface area contributed by atoms with Gasteiger partial charge in [0.2, 0.25) is 5.91 Å². The molecule has 0 spiro atoms. The maximum Gasteiger partial charge on any atom is 0.323 e. The predicted octanol–water partition coefficient (Wildman–Crippen LogP) is 4.97. The first kappa shape index (κ1) is 29.3. The van der Waals surface area contributed by atoms with Crippen molar-refractivity contribution >= 4 is 23.5 Å². The number of aliphatic carboxylic acids is 1. The molecule has 0 radical (unpaired) electrons. The molecule has 1 aliphatic rings. The first-order valence-corrected chi connectivity index (χ1v) is 13.8. The maximum absolute atomic E-state index is 13.5. The second-order valence-electron chi connectivity index (χ2n) is 10.7. The van der Waals surface area contributed by atoms with Gasteiger partial charge in [-0.3, -0.25) is 24.3 Å². The summed E-state index contributed by atoms with van der Waals surface area (Å²) in [5.74, 6) is -1.000. The van der Waals surface area contributed by atoms with E-state index in [1.54, 1.807) is 19.2 Å². The van der Waals surface area contributed by atoms with Crippen LogP contribution in [0.4, 0.5) is 5.69 Å². The molecule has 2 heterocycles. The van der Waals surface area contributed by atoms with Crippen LogP contribution in [0, 0.1) is 5.92 Å². The van der Waals surface area contributed by atoms with E-state index in [1.165, 1.54) is 4.90 Å². The topological polar surface area (TPSA) is 94.1 Å². The smallest absolute Gasteiger partial charge is 0.323 e. The Morgan fingerprint density at radius 1 is 1.05 bits per heavy atom. The van der Waals surface area contributed by atoms with Crippen LogP contribution in [0.2, 0.25) is 0 Å². The number of pyridine rings is 1. The number of hydrogen-bond donors (Lipinski definition) is 1. The average Bonchev–Trinajstić information content (AvgIpc) is 2.87. The Labute approximate surface area is 226 Å². The fourth-order valence-corrected chi connectivity index (χ4v) is 4.91. The molecule has 8 heteroatoms. The Kier molecular flexibility index (Phi) is 11.3. The number of carbonyl (C=O) groups excluding carboxylic acids is 2. The minimum absolute atomic E-state index is 0.0226. The van der Waals surface area contributed by atoms with Gasteiger partial charge in [-0.1, -0.05) is 39.2 Å². The molecule has 2 aromatic rings. The normalized spacial score (nSPS) is 15.3. The largest absolute Gasteiger partial charge is 0.480 e. The molecule has 1 aromatic heterocycles. The fourth-order valence-electron chi connectivity index (χ4n) is 4.91. The summed E-state index contributed by atoms with van der Waals surface area (Å²) in [4.78, 5) is 47.6. The molecule has 8 nitrogen and oxygen atoms in total. The van der Waals surface area contributed by atoms with Gasteiger partial charge < -0.3 is 14.9 Å². The summed E-state index contributed by atoms with van der Waals surface area (Å²) in [6, 6.07) is 9.45. The van der Waals surface area contributed by atoms with E-state index in [-0.39, 0.29) is 18.4 Å². The van der Waals surface area contributed by atoms with E-state index in [1.807, 2.05) is 29.3 Å². The maximum atomic E-state index is 13.5. The summed E-state index contributed by atoms with van der Waals surface area (Å²) in [6.45, 7) is 8.55. The Morgan fingerprint density at radius 2 is 1.79 bits per heavy atom. The lowest BCUT2D eigenvalue weighted by atomic mass is 10.0. The van der Waals surface area contributed by atoms with E-state index in [0.29, 0.717) is 37.7 Å². The summed E-state index contributed by atoms with van der Waals surface area (Å²) in [6.07, 6.45) is 9.71. The quantitative estimate of drug-likeness (QED) is 0.526. The van der Waals surface area contributed by atoms with Crippen molar-refractivity contribution in [3.63, 3.8) is 0 Å². The predicted molar refractivity (Wildman–Crippen MR) is 149 cm³/mol. The van der Waals surface area contributed by atoms with Gasteiger partial charge in [0.1, 0.15) is 6.54 Å². The number of aromatic nitrogens is 1. The molecule has 1 aliphatic heterocycles. The third-order valence-corrected chi connectivity index (χ3v) is 6.97. The van der Waals surface area contributed by atoms with Gasteiger partial charge >= 0.3 is 5.97 Å². The number of carboxylic acid groups (broad SMARTS) is 1. The number of carboxylic acids is 1. The number of rotatable bonds is 8. The first-order chi connectivity index (χ1) is 18.2. The van der Waals surface area contributed by atoms with Gasteiger partial charge in [0.15, 0.2) is 0 Å². The SMILES string of the molecule is CC(=O)N1CCCCCCCN(Cc2cccnc2)Cc2cc(C(=O)N(CCC(C)C)CC(=O)O)ccc21. The first-order valence-electron chi connectivity index (χ1n) is 13.8. The highest BCUT2D eigenvalue weighted by atomic mass is 16.4. The van der Waals surface area contributed by atoms with Crippen molar-refractivity contribution in [2.24, 2.45) is 5.92 Å². The van der Waals surface area contributed by atoms with Crippen molar-refractivity contribution in [2.75, 3.05) is 31.1 Å². The lowest BCUT2D eigenvalue weighted by Gasteiger charge is -2.29. The van der Waals surface area contributed by atoms with E-state index in [4.69, 9.17) is 0 Å². The summed E-state index contributed by atoms with van der Waals surface area (Å²) >= 11 is 0. The van der Waals surface area contributed by atoms with Crippen molar-refractivity contribution in [3.8, 4) is 0 Å². The number of hydrogen-bond acceptors (Lipinski definition) is 5. The monoisotopic (exact) mass is 522 g/mol. The molecule has 0 fully saturated rings. The summed E-state index contributed by atoms with van der Waals surface area (Å²) < 4.78 is 0. The van der Waals surface area contributed by atoms with Crippen LogP contribution in [-0.2, 0) is 22.7 Å². The number of anilines is 1. The molecular weight excluding hydrogens is 480 g/mol. The number of amides is 2. The number of benzene rings is 1. The molecule has 0 saturated heterocycles. The van der Waals surface area contributed by atoms with Crippen molar-refractivity contribution in [3.05, 3.63) is 59.4 Å². The molecule has 2 amide bonds. The van der Waals surface area contributed by atoms with Crippen molar-refractivity contribution in [2.45, 2.75) is 72.4 Å². The van der Waals surface area contributed by atoms with Crippen LogP contribution in [0.3, 0.4) is 0 Å². The van der Waals surface area contributed by atoms with Gasteiger partial charge in [-0.15, -0.1) is 0 Å². The van der Waals surface area contributed by atoms with E-state index in [2.05, 4.69) is 29.8 Å². The van der Waals surface area contributed by atoms with Gasteiger partial charge in [0.25, 0.3) is 5.91 Å². The molecule has 0 saturated carbocycles. The van der Waals surface area contributed by atoms with Gasteiger partial charge in [-0.25, -0.2) is 0 Å². The summed E-state index contributed by atoms with van der Waals surface area (Å²) in [7, 11) is 0. The third-order valence-electron chi connectivity index (χ3n) is 6.97. The fraction of sp³-hybridized carbons (Fsp3) is 0.533. The lowest BCUT2D eigenvalue weighted by Crippen LogP contribution is -2.37. The lowest BCUT2D eigenvalue weighted by molar-refractivity contribution is -0.137. The van der Waals surface area contributed by atoms with E-state index < -0.39 is 5.97 Å². The highest BCUT2D eigenvalue weighted by molar-refractivity contribution is 5.98. The Hall–Kier alpha value is -3.26. The van der Waals surface area contributed by atoms with Crippen LogP contribution in [0.1, 0.15) is 80.8 Å². The molecule has 3 rings (SSSR count). The Balaban J connectivity index is 1.99. The Morgan fingerprint density at radius 3 is 2.45 bits per heavy atom. The van der Waals surface area contributed by atoms with Crippen LogP contribution in [-0.4, -0.2) is 63.9 Å².